The van der Waals surface area contributed by atoms with Crippen LogP contribution >= 0.6 is 23.5 Å². The Hall–Kier alpha value is -4.97. The number of esters is 7. The Morgan fingerprint density at radius 3 is 1.66 bits per heavy atom. The molecule has 0 unspecified atom stereocenters. The number of rotatable bonds is 15. The lowest BCUT2D eigenvalue weighted by Crippen LogP contribution is -2.66. The summed E-state index contributed by atoms with van der Waals surface area (Å²) in [6.07, 6.45) is -12.4. The van der Waals surface area contributed by atoms with Gasteiger partial charge >= 0.3 is 41.8 Å². The van der Waals surface area contributed by atoms with Crippen LogP contribution in [-0.4, -0.2) is 137 Å². The summed E-state index contributed by atoms with van der Waals surface area (Å²) >= 11 is 2.29. The largest absolute Gasteiger partial charge is 0.463 e. The number of nitrogens with zero attached hydrogens (tertiary/aromatic N) is 3. The average Bonchev–Trinajstić information content (AvgIpc) is 3.49. The van der Waals surface area contributed by atoms with Crippen molar-refractivity contribution in [3.63, 3.8) is 0 Å². The normalized spacial score (nSPS) is 26.7. The first-order valence-corrected chi connectivity index (χ1v) is 19.6. The molecule has 318 valence electrons. The summed E-state index contributed by atoms with van der Waals surface area (Å²) in [5.74, 6) is 0.849. The summed E-state index contributed by atoms with van der Waals surface area (Å²) in [5.41, 5.74) is -0.638. The minimum absolute atomic E-state index is 0.0693. The number of aromatic nitrogens is 3. The van der Waals surface area contributed by atoms with Crippen molar-refractivity contribution >= 4 is 65.3 Å². The van der Waals surface area contributed by atoms with E-state index in [9.17, 15) is 33.6 Å². The lowest BCUT2D eigenvalue weighted by molar-refractivity contribution is -0.341. The molecule has 0 radical (unpaired) electrons. The van der Waals surface area contributed by atoms with Crippen molar-refractivity contribution in [1.82, 2.24) is 14.9 Å². The molecule has 0 spiro atoms. The van der Waals surface area contributed by atoms with Crippen molar-refractivity contribution in [3.8, 4) is 11.4 Å². The molecule has 2 aliphatic heterocycles. The number of nitrogen functional groups attached to an aromatic ring is 1. The molecular formula is C35H44N4O17S2. The Bertz CT molecular complexity index is 1840. The SMILES string of the molecule is CSc1ccccc1-c1nnc(S[C@@H]2O[C@H](COC(C)=O)[C@@H](O[C@@H]3O[C@H](COC(C)=O)[C@H](OC(C)=O)[C@H](OC(C)=O)[C@H]3OC(C)=O)[C@H](OC(C)=O)[C@H]2OC(C)=O)n1N. The van der Waals surface area contributed by atoms with Gasteiger partial charge in [-0.2, -0.15) is 0 Å². The molecule has 1 aromatic carbocycles. The third-order valence-electron chi connectivity index (χ3n) is 8.12. The van der Waals surface area contributed by atoms with Crippen LogP contribution in [0.2, 0.25) is 0 Å². The molecule has 2 fully saturated rings. The molecule has 1 aromatic heterocycles. The van der Waals surface area contributed by atoms with E-state index in [1.165, 1.54) is 16.4 Å². The Morgan fingerprint density at radius 2 is 1.12 bits per heavy atom. The van der Waals surface area contributed by atoms with Crippen molar-refractivity contribution in [1.29, 1.82) is 0 Å². The van der Waals surface area contributed by atoms with Crippen LogP contribution in [0.25, 0.3) is 11.4 Å². The lowest BCUT2D eigenvalue weighted by Gasteiger charge is -2.48. The molecule has 2 N–H and O–H groups in total. The first kappa shape index (κ1) is 45.7. The second-order valence-electron chi connectivity index (χ2n) is 12.7. The third kappa shape index (κ3) is 12.0. The summed E-state index contributed by atoms with van der Waals surface area (Å²) in [4.78, 5) is 87.5. The molecule has 2 aromatic rings. The highest BCUT2D eigenvalue weighted by atomic mass is 32.2. The van der Waals surface area contributed by atoms with E-state index in [0.717, 1.165) is 65.1 Å². The maximum Gasteiger partial charge on any atom is 0.303 e. The van der Waals surface area contributed by atoms with Crippen LogP contribution in [0.5, 0.6) is 0 Å². The van der Waals surface area contributed by atoms with Crippen LogP contribution in [-0.2, 0) is 80.9 Å². The van der Waals surface area contributed by atoms with E-state index in [0.29, 0.717) is 5.56 Å². The van der Waals surface area contributed by atoms with Crippen molar-refractivity contribution in [2.45, 2.75) is 119 Å². The number of thioether (sulfide) groups is 2. The third-order valence-corrected chi connectivity index (χ3v) is 10.0. The second kappa shape index (κ2) is 20.6. The van der Waals surface area contributed by atoms with Gasteiger partial charge in [0.05, 0.1) is 0 Å². The minimum Gasteiger partial charge on any atom is -0.463 e. The van der Waals surface area contributed by atoms with Gasteiger partial charge in [-0.1, -0.05) is 12.1 Å². The molecule has 10 atom stereocenters. The van der Waals surface area contributed by atoms with Gasteiger partial charge in [-0.25, -0.2) is 4.68 Å². The molecule has 2 aliphatic rings. The molecule has 4 rings (SSSR count). The summed E-state index contributed by atoms with van der Waals surface area (Å²) in [6, 6.07) is 7.32. The van der Waals surface area contributed by atoms with Gasteiger partial charge in [-0.3, -0.25) is 33.6 Å². The Kier molecular flexibility index (Phi) is 16.3. The van der Waals surface area contributed by atoms with Gasteiger partial charge in [0.1, 0.15) is 31.5 Å². The molecule has 3 heterocycles. The number of benzene rings is 1. The highest BCUT2D eigenvalue weighted by Gasteiger charge is 2.57. The summed E-state index contributed by atoms with van der Waals surface area (Å²) < 4.78 is 58.5. The molecular weight excluding hydrogens is 813 g/mol. The molecule has 21 nitrogen and oxygen atoms in total. The van der Waals surface area contributed by atoms with Crippen LogP contribution in [0.15, 0.2) is 34.3 Å². The van der Waals surface area contributed by atoms with Crippen LogP contribution in [0.4, 0.5) is 0 Å². The van der Waals surface area contributed by atoms with Crippen molar-refractivity contribution < 1.29 is 80.9 Å². The number of carbonyl (C=O) groups excluding carboxylic acids is 7. The zero-order valence-corrected chi connectivity index (χ0v) is 34.3. The fourth-order valence-corrected chi connectivity index (χ4v) is 7.67. The van der Waals surface area contributed by atoms with Crippen molar-refractivity contribution in [3.05, 3.63) is 24.3 Å². The van der Waals surface area contributed by atoms with E-state index in [1.807, 2.05) is 18.4 Å². The quantitative estimate of drug-likeness (QED) is 0.114. The fraction of sp³-hybridized carbons (Fsp3) is 0.571. The minimum atomic E-state index is -1.82. The number of carbonyl (C=O) groups is 7. The van der Waals surface area contributed by atoms with Crippen LogP contribution in [0.3, 0.4) is 0 Å². The van der Waals surface area contributed by atoms with E-state index in [2.05, 4.69) is 10.2 Å². The molecule has 0 aliphatic carbocycles. The zero-order valence-electron chi connectivity index (χ0n) is 32.7. The number of hydrogen-bond acceptors (Lipinski definition) is 22. The van der Waals surface area contributed by atoms with Crippen molar-refractivity contribution in [2.75, 3.05) is 25.3 Å². The van der Waals surface area contributed by atoms with Crippen LogP contribution < -0.4 is 5.84 Å². The number of nitrogens with two attached hydrogens (primary N) is 1. The summed E-state index contributed by atoms with van der Waals surface area (Å²) in [6.45, 7) is 6.37. The topological polar surface area (TPSA) is 269 Å². The number of ether oxygens (including phenoxy) is 10. The predicted octanol–water partition coefficient (Wildman–Crippen LogP) is 1.09. The fourth-order valence-electron chi connectivity index (χ4n) is 6.04. The van der Waals surface area contributed by atoms with E-state index < -0.39 is 116 Å². The van der Waals surface area contributed by atoms with Crippen LogP contribution in [0, 0.1) is 0 Å². The Morgan fingerprint density at radius 1 is 0.638 bits per heavy atom. The highest BCUT2D eigenvalue weighted by Crippen LogP contribution is 2.40. The zero-order chi connectivity index (χ0) is 42.8. The predicted molar refractivity (Wildman–Crippen MR) is 196 cm³/mol. The average molecular weight is 857 g/mol. The van der Waals surface area contributed by atoms with Gasteiger partial charge in [-0.05, 0) is 30.2 Å². The van der Waals surface area contributed by atoms with E-state index >= 15 is 0 Å². The molecule has 0 saturated carbocycles. The molecule has 2 saturated heterocycles. The van der Waals surface area contributed by atoms with E-state index in [4.69, 9.17) is 53.2 Å². The van der Waals surface area contributed by atoms with E-state index in [1.54, 1.807) is 12.1 Å². The van der Waals surface area contributed by atoms with Gasteiger partial charge in [0, 0.05) is 58.9 Å². The molecule has 0 bridgehead atoms. The smallest absolute Gasteiger partial charge is 0.303 e. The number of hydrogen-bond donors (Lipinski definition) is 1. The van der Waals surface area contributed by atoms with Gasteiger partial charge < -0.3 is 53.2 Å². The van der Waals surface area contributed by atoms with E-state index in [-0.39, 0.29) is 11.0 Å². The second-order valence-corrected chi connectivity index (χ2v) is 14.6. The van der Waals surface area contributed by atoms with Gasteiger partial charge in [-0.15, -0.1) is 22.0 Å². The summed E-state index contributed by atoms with van der Waals surface area (Å²) in [7, 11) is 0. The maximum absolute atomic E-state index is 12.8. The maximum atomic E-state index is 12.8. The standard InChI is InChI=1S/C35H44N4O17S2/c1-15(40)47-13-23-26(49-17(3)42)28(50-18(4)43)30(52-20(6)45)33(54-23)56-27-24(14-48-16(2)41)55-34(31(53-21(7)46)29(27)51-19(5)44)58-35-38-37-32(39(35)36)22-11-9-10-12-25(22)57-8/h9-12,23-24,26-31,33-34H,13-14,36H2,1-8H3/t23-,24-,26+,27-,28+,29+,30-,31-,33+,34+/m1/s1. The lowest BCUT2D eigenvalue weighted by atomic mass is 9.96. The summed E-state index contributed by atoms with van der Waals surface area (Å²) in [5, 5.41) is 8.55. The Balaban J connectivity index is 1.82. The monoisotopic (exact) mass is 856 g/mol. The first-order valence-electron chi connectivity index (χ1n) is 17.5. The van der Waals surface area contributed by atoms with Gasteiger partial charge in [0.25, 0.3) is 0 Å². The highest BCUT2D eigenvalue weighted by molar-refractivity contribution is 7.99. The first-order chi connectivity index (χ1) is 27.4. The van der Waals surface area contributed by atoms with Gasteiger partial charge in [0.2, 0.25) is 5.16 Å². The molecule has 23 heteroatoms. The molecule has 0 amide bonds. The Labute approximate surface area is 340 Å². The molecule has 58 heavy (non-hydrogen) atoms. The van der Waals surface area contributed by atoms with Crippen molar-refractivity contribution in [2.24, 2.45) is 0 Å². The van der Waals surface area contributed by atoms with Crippen LogP contribution in [0.1, 0.15) is 48.5 Å². The van der Waals surface area contributed by atoms with Gasteiger partial charge in [0.15, 0.2) is 48.1 Å².